The van der Waals surface area contributed by atoms with E-state index < -0.39 is 0 Å². The van der Waals surface area contributed by atoms with Crippen molar-refractivity contribution in [1.29, 1.82) is 0 Å². The molecule has 1 aliphatic heterocycles. The zero-order valence-corrected chi connectivity index (χ0v) is 12.4. The lowest BCUT2D eigenvalue weighted by Gasteiger charge is -2.35. The van der Waals surface area contributed by atoms with Crippen LogP contribution in [0.1, 0.15) is 34.8 Å². The van der Waals surface area contributed by atoms with E-state index in [0.29, 0.717) is 12.1 Å². The molecule has 1 atom stereocenters. The van der Waals surface area contributed by atoms with Crippen molar-refractivity contribution in [3.8, 4) is 0 Å². The minimum atomic E-state index is -0.311. The molecule has 1 aliphatic rings. The summed E-state index contributed by atoms with van der Waals surface area (Å²) in [5.74, 6) is -0.311. The average Bonchev–Trinajstić information content (AvgIpc) is 2.58. The fourth-order valence-electron chi connectivity index (χ4n) is 2.70. The van der Waals surface area contributed by atoms with Crippen LogP contribution in [0.15, 0.2) is 72.8 Å². The molecule has 0 spiro atoms. The second kappa shape index (κ2) is 6.58. The third-order valence-corrected chi connectivity index (χ3v) is 3.91. The molecule has 22 heavy (non-hydrogen) atoms. The number of rotatable bonds is 3. The van der Waals surface area contributed by atoms with E-state index in [0.717, 1.165) is 18.4 Å². The van der Waals surface area contributed by atoms with Gasteiger partial charge in [-0.2, -0.15) is 0 Å². The molecule has 0 N–H and O–H groups in total. The maximum absolute atomic E-state index is 12.3. The lowest BCUT2D eigenvalue weighted by Crippen LogP contribution is -2.36. The molecule has 3 heteroatoms. The number of nitrogens with zero attached hydrogens (tertiary/aromatic N) is 1. The molecule has 1 fully saturated rings. The van der Waals surface area contributed by atoms with Gasteiger partial charge in [-0.3, -0.25) is 0 Å². The molecule has 0 bridgehead atoms. The van der Waals surface area contributed by atoms with Gasteiger partial charge in [0.15, 0.2) is 0 Å². The van der Waals surface area contributed by atoms with Gasteiger partial charge < -0.3 is 4.84 Å². The summed E-state index contributed by atoms with van der Waals surface area (Å²) < 4.78 is 0. The Morgan fingerprint density at radius 2 is 1.68 bits per heavy atom. The van der Waals surface area contributed by atoms with Crippen LogP contribution in [0.5, 0.6) is 0 Å². The van der Waals surface area contributed by atoms with E-state index in [2.05, 4.69) is 18.7 Å². The summed E-state index contributed by atoms with van der Waals surface area (Å²) in [5, 5.41) is 1.79. The number of benzene rings is 2. The normalized spacial score (nSPS) is 18.9. The van der Waals surface area contributed by atoms with Crippen LogP contribution >= 0.6 is 0 Å². The van der Waals surface area contributed by atoms with Crippen LogP contribution < -0.4 is 0 Å². The first-order chi connectivity index (χ1) is 10.7. The molecule has 2 aromatic carbocycles. The Kier molecular flexibility index (Phi) is 4.35. The molecule has 1 unspecified atom stereocenters. The molecule has 1 heterocycles. The van der Waals surface area contributed by atoms with E-state index >= 15 is 0 Å². The van der Waals surface area contributed by atoms with Gasteiger partial charge in [-0.25, -0.2) is 4.79 Å². The average molecular weight is 293 g/mol. The highest BCUT2D eigenvalue weighted by Crippen LogP contribution is 2.33. The van der Waals surface area contributed by atoms with Crippen molar-refractivity contribution in [2.45, 2.75) is 18.9 Å². The Hall–Kier alpha value is -2.39. The van der Waals surface area contributed by atoms with Gasteiger partial charge in [0.1, 0.15) is 0 Å². The molecule has 0 saturated carbocycles. The lowest BCUT2D eigenvalue weighted by molar-refractivity contribution is -0.146. The highest BCUT2D eigenvalue weighted by Gasteiger charge is 2.29. The van der Waals surface area contributed by atoms with Crippen molar-refractivity contribution in [2.24, 2.45) is 0 Å². The molecule has 3 rings (SSSR count). The summed E-state index contributed by atoms with van der Waals surface area (Å²) in [6.45, 7) is 4.77. The van der Waals surface area contributed by atoms with E-state index in [-0.39, 0.29) is 12.0 Å². The molecular weight excluding hydrogens is 274 g/mol. The Bertz CT molecular complexity index is 652. The molecule has 0 aliphatic carbocycles. The first kappa shape index (κ1) is 14.5. The largest absolute Gasteiger partial charge is 0.363 e. The van der Waals surface area contributed by atoms with Gasteiger partial charge in [0.05, 0.1) is 11.6 Å². The van der Waals surface area contributed by atoms with Crippen molar-refractivity contribution in [2.75, 3.05) is 6.54 Å². The quantitative estimate of drug-likeness (QED) is 0.796. The summed E-state index contributed by atoms with van der Waals surface area (Å²) >= 11 is 0. The van der Waals surface area contributed by atoms with Gasteiger partial charge >= 0.3 is 5.97 Å². The molecule has 0 amide bonds. The summed E-state index contributed by atoms with van der Waals surface area (Å²) in [6.07, 6.45) is 1.66. The van der Waals surface area contributed by atoms with Crippen LogP contribution in [0.25, 0.3) is 0 Å². The third kappa shape index (κ3) is 3.26. The van der Waals surface area contributed by atoms with Gasteiger partial charge in [-0.05, 0) is 30.5 Å². The van der Waals surface area contributed by atoms with Crippen molar-refractivity contribution >= 4 is 5.97 Å². The highest BCUT2D eigenvalue weighted by atomic mass is 16.7. The molecule has 1 saturated heterocycles. The second-order valence-corrected chi connectivity index (χ2v) is 5.52. The summed E-state index contributed by atoms with van der Waals surface area (Å²) in [7, 11) is 0. The first-order valence-corrected chi connectivity index (χ1v) is 7.49. The molecule has 0 radical (unpaired) electrons. The Balaban J connectivity index is 1.78. The number of carbonyl (C=O) groups is 1. The number of piperidine rings is 1. The van der Waals surface area contributed by atoms with E-state index in [1.807, 2.05) is 36.4 Å². The third-order valence-electron chi connectivity index (χ3n) is 3.91. The zero-order valence-electron chi connectivity index (χ0n) is 12.4. The monoisotopic (exact) mass is 293 g/mol. The smallest absolute Gasteiger partial charge is 0.357 e. The number of hydrogen-bond donors (Lipinski definition) is 0. The van der Waals surface area contributed by atoms with Gasteiger partial charge in [0.2, 0.25) is 0 Å². The van der Waals surface area contributed by atoms with Crippen molar-refractivity contribution in [3.63, 3.8) is 0 Å². The van der Waals surface area contributed by atoms with Crippen molar-refractivity contribution in [3.05, 3.63) is 83.9 Å². The van der Waals surface area contributed by atoms with E-state index in [4.69, 9.17) is 4.84 Å². The lowest BCUT2D eigenvalue weighted by atomic mass is 9.94. The van der Waals surface area contributed by atoms with Gasteiger partial charge in [0, 0.05) is 6.54 Å². The highest BCUT2D eigenvalue weighted by molar-refractivity contribution is 5.89. The SMILES string of the molecule is C=C1CCN(OC(=O)c2ccccc2)C(c2ccccc2)C1. The number of carbonyl (C=O) groups excluding carboxylic acids is 1. The maximum Gasteiger partial charge on any atom is 0.357 e. The Morgan fingerprint density at radius 1 is 1.05 bits per heavy atom. The second-order valence-electron chi connectivity index (χ2n) is 5.52. The molecule has 0 aromatic heterocycles. The topological polar surface area (TPSA) is 29.5 Å². The summed E-state index contributed by atoms with van der Waals surface area (Å²) in [4.78, 5) is 17.9. The molecule has 3 nitrogen and oxygen atoms in total. The van der Waals surface area contributed by atoms with Crippen LogP contribution in [0.4, 0.5) is 0 Å². The number of hydrogen-bond acceptors (Lipinski definition) is 3. The van der Waals surface area contributed by atoms with Crippen LogP contribution in [0, 0.1) is 0 Å². The zero-order chi connectivity index (χ0) is 15.4. The van der Waals surface area contributed by atoms with Gasteiger partial charge in [-0.1, -0.05) is 60.7 Å². The fraction of sp³-hybridized carbons (Fsp3) is 0.211. The van der Waals surface area contributed by atoms with E-state index in [1.54, 1.807) is 17.2 Å². The van der Waals surface area contributed by atoms with E-state index in [1.165, 1.54) is 5.57 Å². The van der Waals surface area contributed by atoms with Crippen LogP contribution in [0.3, 0.4) is 0 Å². The van der Waals surface area contributed by atoms with Crippen molar-refractivity contribution in [1.82, 2.24) is 5.06 Å². The predicted octanol–water partition coefficient (Wildman–Crippen LogP) is 4.15. The van der Waals surface area contributed by atoms with Crippen LogP contribution in [0.2, 0.25) is 0 Å². The minimum absolute atomic E-state index is 0.0371. The van der Waals surface area contributed by atoms with Crippen molar-refractivity contribution < 1.29 is 9.63 Å². The Labute approximate surface area is 130 Å². The molecular formula is C19H19NO2. The molecule has 112 valence electrons. The first-order valence-electron chi connectivity index (χ1n) is 7.49. The predicted molar refractivity (Wildman–Crippen MR) is 86.1 cm³/mol. The van der Waals surface area contributed by atoms with E-state index in [9.17, 15) is 4.79 Å². The minimum Gasteiger partial charge on any atom is -0.363 e. The standard InChI is InChI=1S/C19H19NO2/c1-15-12-13-20(18(14-15)16-8-4-2-5-9-16)22-19(21)17-10-6-3-7-11-17/h2-11,18H,1,12-14H2. The van der Waals surface area contributed by atoms with Crippen LogP contribution in [-0.2, 0) is 4.84 Å². The Morgan fingerprint density at radius 3 is 2.36 bits per heavy atom. The summed E-state index contributed by atoms with van der Waals surface area (Å²) in [6, 6.07) is 19.2. The van der Waals surface area contributed by atoms with Gasteiger partial charge in [-0.15, -0.1) is 5.06 Å². The number of hydroxylamine groups is 2. The van der Waals surface area contributed by atoms with Crippen LogP contribution in [-0.4, -0.2) is 17.6 Å². The summed E-state index contributed by atoms with van der Waals surface area (Å²) in [5.41, 5.74) is 2.91. The fourth-order valence-corrected chi connectivity index (χ4v) is 2.70. The van der Waals surface area contributed by atoms with Gasteiger partial charge in [0.25, 0.3) is 0 Å². The maximum atomic E-state index is 12.3. The molecule has 2 aromatic rings.